The van der Waals surface area contributed by atoms with Crippen LogP contribution in [-0.4, -0.2) is 60.5 Å². The molecule has 3 aliphatic rings. The Kier molecular flexibility index (Phi) is 10.4. The smallest absolute Gasteiger partial charge is 0.312 e. The third-order valence-corrected chi connectivity index (χ3v) is 8.34. The number of aliphatic hydroxyl groups is 1. The molecule has 2 fully saturated rings. The number of carbonyl (C=O) groups is 4. The van der Waals surface area contributed by atoms with Gasteiger partial charge in [-0.3, -0.25) is 19.2 Å². The fourth-order valence-corrected chi connectivity index (χ4v) is 6.05. The van der Waals surface area contributed by atoms with E-state index < -0.39 is 35.0 Å². The van der Waals surface area contributed by atoms with Crippen molar-refractivity contribution >= 4 is 23.9 Å². The Balaban J connectivity index is 1.56. The summed E-state index contributed by atoms with van der Waals surface area (Å²) in [5, 5.41) is 9.09. The van der Waals surface area contributed by atoms with Crippen LogP contribution in [0.1, 0.15) is 72.6 Å². The molecule has 0 aliphatic heterocycles. The quantitative estimate of drug-likeness (QED) is 0.195. The van der Waals surface area contributed by atoms with Crippen molar-refractivity contribution in [2.45, 2.75) is 84.3 Å². The van der Waals surface area contributed by atoms with Crippen LogP contribution in [0.3, 0.4) is 0 Å². The molecule has 1 N–H and O–H groups in total. The molecule has 0 radical (unpaired) electrons. The zero-order chi connectivity index (χ0) is 28.8. The van der Waals surface area contributed by atoms with Crippen molar-refractivity contribution in [1.29, 1.82) is 0 Å². The summed E-state index contributed by atoms with van der Waals surface area (Å²) < 4.78 is 22.0. The topological polar surface area (TPSA) is 125 Å². The molecule has 9 heteroatoms. The summed E-state index contributed by atoms with van der Waals surface area (Å²) >= 11 is 0. The number of aliphatic hydroxyl groups excluding tert-OH is 1. The van der Waals surface area contributed by atoms with Gasteiger partial charge >= 0.3 is 23.9 Å². The molecule has 0 heterocycles. The van der Waals surface area contributed by atoms with Crippen LogP contribution in [-0.2, 0) is 38.1 Å². The highest BCUT2D eigenvalue weighted by molar-refractivity contribution is 5.79. The number of carbonyl (C=O) groups excluding carboxylic acids is 4. The van der Waals surface area contributed by atoms with E-state index in [0.717, 1.165) is 12.8 Å². The summed E-state index contributed by atoms with van der Waals surface area (Å²) in [4.78, 5) is 50.6. The maximum atomic E-state index is 13.0. The van der Waals surface area contributed by atoms with Crippen molar-refractivity contribution in [2.24, 2.45) is 35.0 Å². The van der Waals surface area contributed by atoms with Crippen LogP contribution in [0.4, 0.5) is 0 Å². The van der Waals surface area contributed by atoms with Gasteiger partial charge in [-0.25, -0.2) is 0 Å². The zero-order valence-electron chi connectivity index (χ0n) is 23.7. The second-order valence-corrected chi connectivity index (χ2v) is 12.2. The highest BCUT2D eigenvalue weighted by Gasteiger charge is 2.51. The second-order valence-electron chi connectivity index (χ2n) is 12.2. The first kappa shape index (κ1) is 30.9. The largest absolute Gasteiger partial charge is 0.461 e. The van der Waals surface area contributed by atoms with Gasteiger partial charge in [0.15, 0.2) is 6.10 Å². The molecular formula is C30H44O9. The second kappa shape index (κ2) is 13.1. The summed E-state index contributed by atoms with van der Waals surface area (Å²) in [7, 11) is 0. The normalized spacial score (nSPS) is 30.0. The maximum absolute atomic E-state index is 13.0. The lowest BCUT2D eigenvalue weighted by atomic mass is 9.78. The van der Waals surface area contributed by atoms with Crippen LogP contribution in [0, 0.1) is 35.0 Å². The Labute approximate surface area is 231 Å². The molecule has 0 spiro atoms. The van der Waals surface area contributed by atoms with E-state index in [1.54, 1.807) is 19.9 Å². The van der Waals surface area contributed by atoms with Gasteiger partial charge in [-0.15, -0.1) is 6.58 Å². The lowest BCUT2D eigenvalue weighted by Crippen LogP contribution is -2.38. The molecule has 9 nitrogen and oxygen atoms in total. The minimum Gasteiger partial charge on any atom is -0.461 e. The van der Waals surface area contributed by atoms with Crippen molar-refractivity contribution in [3.8, 4) is 0 Å². The Morgan fingerprint density at radius 3 is 2.38 bits per heavy atom. The van der Waals surface area contributed by atoms with Gasteiger partial charge in [-0.05, 0) is 70.1 Å². The molecule has 2 bridgehead atoms. The number of fused-ring (bicyclic) bond motifs is 2. The van der Waals surface area contributed by atoms with Crippen LogP contribution >= 0.6 is 0 Å². The van der Waals surface area contributed by atoms with E-state index in [2.05, 4.69) is 25.7 Å². The summed E-state index contributed by atoms with van der Waals surface area (Å²) in [6.07, 6.45) is 7.97. The zero-order valence-corrected chi connectivity index (χ0v) is 23.7. The summed E-state index contributed by atoms with van der Waals surface area (Å²) in [5.41, 5.74) is -1.49. The van der Waals surface area contributed by atoms with Crippen LogP contribution in [0.5, 0.6) is 0 Å². The predicted octanol–water partition coefficient (Wildman–Crippen LogP) is 3.92. The minimum absolute atomic E-state index is 0.0261. The number of ether oxygens (including phenoxy) is 4. The van der Waals surface area contributed by atoms with Crippen LogP contribution in [0.15, 0.2) is 24.8 Å². The predicted molar refractivity (Wildman–Crippen MR) is 142 cm³/mol. The monoisotopic (exact) mass is 548 g/mol. The van der Waals surface area contributed by atoms with E-state index >= 15 is 0 Å². The Hall–Kier alpha value is -2.68. The van der Waals surface area contributed by atoms with Crippen molar-refractivity contribution < 1.29 is 43.2 Å². The molecule has 218 valence electrons. The number of rotatable bonds is 14. The molecule has 0 saturated heterocycles. The summed E-state index contributed by atoms with van der Waals surface area (Å²) in [5.74, 6) is -1.47. The van der Waals surface area contributed by atoms with Crippen LogP contribution < -0.4 is 0 Å². The average molecular weight is 549 g/mol. The Bertz CT molecular complexity index is 954. The van der Waals surface area contributed by atoms with Gasteiger partial charge in [0.2, 0.25) is 0 Å². The molecule has 2 saturated carbocycles. The van der Waals surface area contributed by atoms with Crippen molar-refractivity contribution in [3.63, 3.8) is 0 Å². The van der Waals surface area contributed by atoms with Gasteiger partial charge in [-0.1, -0.05) is 25.2 Å². The molecule has 3 aliphatic carbocycles. The fraction of sp³-hybridized carbons (Fsp3) is 0.733. The SMILES string of the molecule is C=CC1CC(C)CC1C(=O)OCC(COC(=O)C1(C)CC2C=CC1C2)OC(=O)CCC(=O)OC(C)(C)CCO. The number of allylic oxidation sites excluding steroid dienone is 3. The maximum Gasteiger partial charge on any atom is 0.312 e. The summed E-state index contributed by atoms with van der Waals surface area (Å²) in [6, 6.07) is 0. The minimum atomic E-state index is -1.01. The van der Waals surface area contributed by atoms with Gasteiger partial charge in [0.1, 0.15) is 18.8 Å². The van der Waals surface area contributed by atoms with Gasteiger partial charge in [0, 0.05) is 13.0 Å². The molecule has 0 aromatic rings. The van der Waals surface area contributed by atoms with Crippen LogP contribution in [0.2, 0.25) is 0 Å². The van der Waals surface area contributed by atoms with E-state index in [-0.39, 0.29) is 62.8 Å². The van der Waals surface area contributed by atoms with Gasteiger partial charge in [0.25, 0.3) is 0 Å². The van der Waals surface area contributed by atoms with Gasteiger partial charge in [-0.2, -0.15) is 0 Å². The van der Waals surface area contributed by atoms with E-state index in [0.29, 0.717) is 24.7 Å². The highest BCUT2D eigenvalue weighted by atomic mass is 16.6. The average Bonchev–Trinajstić information content (AvgIpc) is 3.58. The van der Waals surface area contributed by atoms with Crippen molar-refractivity contribution in [1.82, 2.24) is 0 Å². The van der Waals surface area contributed by atoms with E-state index in [9.17, 15) is 19.2 Å². The third kappa shape index (κ3) is 8.16. The van der Waals surface area contributed by atoms with Crippen LogP contribution in [0.25, 0.3) is 0 Å². The van der Waals surface area contributed by atoms with Gasteiger partial charge in [0.05, 0.1) is 24.2 Å². The van der Waals surface area contributed by atoms with Gasteiger partial charge < -0.3 is 24.1 Å². The summed E-state index contributed by atoms with van der Waals surface area (Å²) in [6.45, 7) is 10.5. The number of hydrogen-bond donors (Lipinski definition) is 1. The first-order valence-corrected chi connectivity index (χ1v) is 14.0. The standard InChI is InChI=1S/C30H44O9/c1-6-21-13-19(2)14-24(21)27(34)36-17-23(18-37-28(35)30(5)16-20-7-8-22(30)15-20)38-25(32)9-10-26(33)39-29(3,4)11-12-31/h6-8,19-24,31H,1,9-18H2,2-5H3. The first-order chi connectivity index (χ1) is 18.4. The number of hydrogen-bond acceptors (Lipinski definition) is 9. The molecule has 3 rings (SSSR count). The molecular weight excluding hydrogens is 504 g/mol. The molecule has 0 aromatic heterocycles. The van der Waals surface area contributed by atoms with E-state index in [1.807, 2.05) is 6.92 Å². The first-order valence-electron chi connectivity index (χ1n) is 14.0. The van der Waals surface area contributed by atoms with E-state index in [4.69, 9.17) is 24.1 Å². The molecule has 0 aromatic carbocycles. The third-order valence-electron chi connectivity index (χ3n) is 8.34. The Morgan fingerprint density at radius 2 is 1.77 bits per heavy atom. The molecule has 0 amide bonds. The molecule has 7 unspecified atom stereocenters. The van der Waals surface area contributed by atoms with E-state index in [1.165, 1.54) is 0 Å². The fourth-order valence-electron chi connectivity index (χ4n) is 6.05. The van der Waals surface area contributed by atoms with Crippen molar-refractivity contribution in [2.75, 3.05) is 19.8 Å². The lowest BCUT2D eigenvalue weighted by Gasteiger charge is -2.29. The molecule has 7 atom stereocenters. The highest BCUT2D eigenvalue weighted by Crippen LogP contribution is 2.52. The Morgan fingerprint density at radius 1 is 1.08 bits per heavy atom. The lowest BCUT2D eigenvalue weighted by molar-refractivity contribution is -0.173. The number of esters is 4. The van der Waals surface area contributed by atoms with Crippen molar-refractivity contribution in [3.05, 3.63) is 24.8 Å². The molecule has 39 heavy (non-hydrogen) atoms.